The third-order valence-corrected chi connectivity index (χ3v) is 4.23. The number of pyridine rings is 2. The van der Waals surface area contributed by atoms with Crippen LogP contribution >= 0.6 is 0 Å². The number of amides is 1. The van der Waals surface area contributed by atoms with Crippen molar-refractivity contribution in [1.82, 2.24) is 15.3 Å². The summed E-state index contributed by atoms with van der Waals surface area (Å²) in [5.74, 6) is 1.28. The van der Waals surface area contributed by atoms with Crippen molar-refractivity contribution >= 4 is 17.4 Å². The number of aromatic nitrogens is 2. The Morgan fingerprint density at radius 1 is 0.967 bits per heavy atom. The normalized spacial score (nSPS) is 10.3. The Balaban J connectivity index is 1.71. The Morgan fingerprint density at radius 3 is 2.60 bits per heavy atom. The topological polar surface area (TPSA) is 94.6 Å². The van der Waals surface area contributed by atoms with Gasteiger partial charge in [0.1, 0.15) is 18.2 Å². The van der Waals surface area contributed by atoms with E-state index < -0.39 is 0 Å². The van der Waals surface area contributed by atoms with Crippen LogP contribution in [-0.4, -0.2) is 43.3 Å². The van der Waals surface area contributed by atoms with Crippen molar-refractivity contribution in [3.63, 3.8) is 0 Å². The minimum atomic E-state index is -0.271. The number of nitrogens with zero attached hydrogens (tertiary/aromatic N) is 2. The zero-order chi connectivity index (χ0) is 21.2. The van der Waals surface area contributed by atoms with Crippen LogP contribution in [0.2, 0.25) is 0 Å². The Kier molecular flexibility index (Phi) is 7.57. The van der Waals surface area contributed by atoms with Gasteiger partial charge in [-0.3, -0.25) is 4.79 Å². The summed E-state index contributed by atoms with van der Waals surface area (Å²) in [6.45, 7) is 1.10. The van der Waals surface area contributed by atoms with Crippen molar-refractivity contribution in [2.24, 2.45) is 0 Å². The molecule has 0 saturated carbocycles. The van der Waals surface area contributed by atoms with Crippen LogP contribution < -0.4 is 20.1 Å². The van der Waals surface area contributed by atoms with E-state index in [1.165, 1.54) is 0 Å². The van der Waals surface area contributed by atoms with Gasteiger partial charge in [-0.05, 0) is 30.3 Å². The quantitative estimate of drug-likeness (QED) is 0.498. The van der Waals surface area contributed by atoms with Crippen LogP contribution in [-0.2, 0) is 11.3 Å². The number of para-hydroxylation sites is 2. The largest absolute Gasteiger partial charge is 0.495 e. The summed E-state index contributed by atoms with van der Waals surface area (Å²) in [6, 6.07) is 14.5. The van der Waals surface area contributed by atoms with Gasteiger partial charge in [0.15, 0.2) is 0 Å². The Morgan fingerprint density at radius 2 is 1.77 bits per heavy atom. The van der Waals surface area contributed by atoms with Crippen LogP contribution in [0.4, 0.5) is 11.5 Å². The van der Waals surface area contributed by atoms with E-state index >= 15 is 0 Å². The van der Waals surface area contributed by atoms with Gasteiger partial charge in [-0.25, -0.2) is 9.97 Å². The first-order valence-electron chi connectivity index (χ1n) is 9.41. The molecule has 8 heteroatoms. The number of benzene rings is 1. The number of rotatable bonds is 10. The van der Waals surface area contributed by atoms with E-state index in [1.807, 2.05) is 30.3 Å². The lowest BCUT2D eigenvalue weighted by molar-refractivity contribution is 0.0950. The third-order valence-electron chi connectivity index (χ3n) is 4.23. The van der Waals surface area contributed by atoms with Gasteiger partial charge < -0.3 is 24.8 Å². The van der Waals surface area contributed by atoms with Crippen LogP contribution in [0.5, 0.6) is 11.6 Å². The Labute approximate surface area is 175 Å². The minimum absolute atomic E-state index is 0.262. The minimum Gasteiger partial charge on any atom is -0.495 e. The van der Waals surface area contributed by atoms with Gasteiger partial charge in [0, 0.05) is 31.6 Å². The summed E-state index contributed by atoms with van der Waals surface area (Å²) in [6.07, 6.45) is 3.27. The van der Waals surface area contributed by atoms with Gasteiger partial charge in [-0.1, -0.05) is 18.2 Å². The summed E-state index contributed by atoms with van der Waals surface area (Å²) in [5, 5.41) is 6.07. The molecule has 0 bridgehead atoms. The molecule has 0 atom stereocenters. The van der Waals surface area contributed by atoms with Crippen LogP contribution in [0.3, 0.4) is 0 Å². The summed E-state index contributed by atoms with van der Waals surface area (Å²) < 4.78 is 16.0. The van der Waals surface area contributed by atoms with E-state index in [0.29, 0.717) is 41.9 Å². The molecule has 3 aromatic rings. The molecule has 0 radical (unpaired) electrons. The summed E-state index contributed by atoms with van der Waals surface area (Å²) in [5.41, 5.74) is 1.90. The molecular formula is C22H24N4O4. The van der Waals surface area contributed by atoms with Crippen molar-refractivity contribution < 1.29 is 19.0 Å². The molecule has 0 fully saturated rings. The molecule has 1 amide bonds. The molecule has 0 spiro atoms. The smallest absolute Gasteiger partial charge is 0.255 e. The number of ether oxygens (including phenoxy) is 3. The Hall–Kier alpha value is -3.65. The summed E-state index contributed by atoms with van der Waals surface area (Å²) in [4.78, 5) is 21.4. The molecule has 3 rings (SSSR count). The molecule has 0 saturated heterocycles. The first-order valence-corrected chi connectivity index (χ1v) is 9.41. The highest BCUT2D eigenvalue weighted by Crippen LogP contribution is 2.27. The second-order valence-electron chi connectivity index (χ2n) is 6.22. The fraction of sp³-hybridized carbons (Fsp3) is 0.227. The number of carbonyl (C=O) groups is 1. The lowest BCUT2D eigenvalue weighted by atomic mass is 10.2. The van der Waals surface area contributed by atoms with Gasteiger partial charge in [0.25, 0.3) is 5.91 Å². The highest BCUT2D eigenvalue weighted by molar-refractivity contribution is 5.99. The van der Waals surface area contributed by atoms with E-state index in [9.17, 15) is 4.79 Å². The van der Waals surface area contributed by atoms with E-state index in [0.717, 1.165) is 5.56 Å². The van der Waals surface area contributed by atoms with Gasteiger partial charge >= 0.3 is 0 Å². The first-order chi connectivity index (χ1) is 14.7. The lowest BCUT2D eigenvalue weighted by Gasteiger charge is -2.14. The number of nitrogens with one attached hydrogen (secondary N) is 2. The van der Waals surface area contributed by atoms with Crippen LogP contribution in [0.15, 0.2) is 60.9 Å². The molecule has 0 aliphatic rings. The van der Waals surface area contributed by atoms with Crippen molar-refractivity contribution in [3.05, 3.63) is 72.1 Å². The molecule has 2 N–H and O–H groups in total. The Bertz CT molecular complexity index is 981. The maximum atomic E-state index is 12.9. The number of hydrogen-bond acceptors (Lipinski definition) is 7. The average Bonchev–Trinajstić information content (AvgIpc) is 2.79. The molecule has 1 aromatic carbocycles. The number of methoxy groups -OCH3 is 2. The second-order valence-corrected chi connectivity index (χ2v) is 6.22. The van der Waals surface area contributed by atoms with Crippen molar-refractivity contribution in [3.8, 4) is 11.6 Å². The number of hydrogen-bond donors (Lipinski definition) is 2. The first kappa shape index (κ1) is 21.1. The lowest BCUT2D eigenvalue weighted by Crippen LogP contribution is -2.24. The van der Waals surface area contributed by atoms with Gasteiger partial charge in [-0.15, -0.1) is 0 Å². The zero-order valence-corrected chi connectivity index (χ0v) is 16.9. The highest BCUT2D eigenvalue weighted by atomic mass is 16.5. The molecule has 8 nitrogen and oxygen atoms in total. The highest BCUT2D eigenvalue weighted by Gasteiger charge is 2.15. The average molecular weight is 408 g/mol. The molecule has 0 aliphatic carbocycles. The molecule has 156 valence electrons. The fourth-order valence-corrected chi connectivity index (χ4v) is 2.74. The van der Waals surface area contributed by atoms with Crippen molar-refractivity contribution in [2.45, 2.75) is 6.54 Å². The van der Waals surface area contributed by atoms with Crippen molar-refractivity contribution in [2.75, 3.05) is 32.8 Å². The fourth-order valence-electron chi connectivity index (χ4n) is 2.74. The second kappa shape index (κ2) is 10.8. The van der Waals surface area contributed by atoms with Crippen LogP contribution in [0.1, 0.15) is 15.9 Å². The predicted octanol–water partition coefficient (Wildman–Crippen LogP) is 3.18. The number of anilines is 2. The van der Waals surface area contributed by atoms with E-state index in [4.69, 9.17) is 14.2 Å². The van der Waals surface area contributed by atoms with E-state index in [-0.39, 0.29) is 12.5 Å². The van der Waals surface area contributed by atoms with Crippen LogP contribution in [0.25, 0.3) is 0 Å². The molecular weight excluding hydrogens is 384 g/mol. The SMILES string of the molecule is COCCOc1ncccc1CNC(=O)c1cccnc1Nc1ccccc1OC. The van der Waals surface area contributed by atoms with Gasteiger partial charge in [0.05, 0.1) is 25.0 Å². The maximum Gasteiger partial charge on any atom is 0.255 e. The summed E-state index contributed by atoms with van der Waals surface area (Å²) >= 11 is 0. The monoisotopic (exact) mass is 408 g/mol. The molecule has 2 aromatic heterocycles. The zero-order valence-electron chi connectivity index (χ0n) is 16.9. The molecule has 0 aliphatic heterocycles. The molecule has 30 heavy (non-hydrogen) atoms. The predicted molar refractivity (Wildman–Crippen MR) is 113 cm³/mol. The van der Waals surface area contributed by atoms with Gasteiger partial charge in [0.2, 0.25) is 5.88 Å². The van der Waals surface area contributed by atoms with Crippen LogP contribution in [0, 0.1) is 0 Å². The third kappa shape index (κ3) is 5.45. The maximum absolute atomic E-state index is 12.9. The standard InChI is InChI=1S/C22H24N4O4/c1-28-13-14-30-22-16(7-5-12-24-22)15-25-21(27)17-8-6-11-23-20(17)26-18-9-3-4-10-19(18)29-2/h3-12H,13-15H2,1-2H3,(H,23,26)(H,25,27). The molecule has 2 heterocycles. The molecule has 0 unspecified atom stereocenters. The van der Waals surface area contributed by atoms with E-state index in [2.05, 4.69) is 20.6 Å². The summed E-state index contributed by atoms with van der Waals surface area (Å²) in [7, 11) is 3.19. The number of carbonyl (C=O) groups excluding carboxylic acids is 1. The van der Waals surface area contributed by atoms with Gasteiger partial charge in [-0.2, -0.15) is 0 Å². The van der Waals surface area contributed by atoms with Crippen molar-refractivity contribution in [1.29, 1.82) is 0 Å². The van der Waals surface area contributed by atoms with E-state index in [1.54, 1.807) is 44.8 Å².